The highest BCUT2D eigenvalue weighted by Gasteiger charge is 2.21. The molecule has 0 amide bonds. The first-order valence-corrected chi connectivity index (χ1v) is 7.08. The van der Waals surface area contributed by atoms with Crippen LogP contribution < -0.4 is 14.8 Å². The SMILES string of the molecule is CNc1ccnc(C[C@H]2COc3cc(OC)ccc3C2)n1. The fourth-order valence-electron chi connectivity index (χ4n) is 2.57. The summed E-state index contributed by atoms with van der Waals surface area (Å²) >= 11 is 0. The van der Waals surface area contributed by atoms with Crippen molar-refractivity contribution in [2.24, 2.45) is 5.92 Å². The van der Waals surface area contributed by atoms with Gasteiger partial charge < -0.3 is 14.8 Å². The molecule has 3 rings (SSSR count). The first kappa shape index (κ1) is 13.7. The van der Waals surface area contributed by atoms with Crippen molar-refractivity contribution in [3.05, 3.63) is 41.9 Å². The summed E-state index contributed by atoms with van der Waals surface area (Å²) < 4.78 is 11.1. The number of benzene rings is 1. The Labute approximate surface area is 124 Å². The van der Waals surface area contributed by atoms with Gasteiger partial charge in [0.1, 0.15) is 23.1 Å². The van der Waals surface area contributed by atoms with Crippen LogP contribution in [0.25, 0.3) is 0 Å². The summed E-state index contributed by atoms with van der Waals surface area (Å²) in [6.45, 7) is 0.688. The van der Waals surface area contributed by atoms with Gasteiger partial charge in [-0.3, -0.25) is 0 Å². The lowest BCUT2D eigenvalue weighted by Gasteiger charge is -2.25. The first-order chi connectivity index (χ1) is 10.3. The van der Waals surface area contributed by atoms with Crippen molar-refractivity contribution in [3.63, 3.8) is 0 Å². The molecule has 2 aromatic rings. The molecule has 1 aromatic carbocycles. The molecule has 110 valence electrons. The van der Waals surface area contributed by atoms with Crippen molar-refractivity contribution < 1.29 is 9.47 Å². The van der Waals surface area contributed by atoms with Gasteiger partial charge in [-0.1, -0.05) is 6.07 Å². The molecule has 1 atom stereocenters. The fraction of sp³-hybridized carbons (Fsp3) is 0.375. The van der Waals surface area contributed by atoms with Gasteiger partial charge in [-0.25, -0.2) is 9.97 Å². The van der Waals surface area contributed by atoms with E-state index in [4.69, 9.17) is 9.47 Å². The zero-order valence-corrected chi connectivity index (χ0v) is 12.3. The van der Waals surface area contributed by atoms with Gasteiger partial charge in [0.05, 0.1) is 13.7 Å². The van der Waals surface area contributed by atoms with Gasteiger partial charge in [0.2, 0.25) is 0 Å². The number of rotatable bonds is 4. The summed E-state index contributed by atoms with van der Waals surface area (Å²) in [6.07, 6.45) is 3.59. The quantitative estimate of drug-likeness (QED) is 0.934. The number of fused-ring (bicyclic) bond motifs is 1. The topological polar surface area (TPSA) is 56.3 Å². The number of aromatic nitrogens is 2. The Hall–Kier alpha value is -2.30. The van der Waals surface area contributed by atoms with E-state index in [0.717, 1.165) is 36.0 Å². The minimum atomic E-state index is 0.401. The smallest absolute Gasteiger partial charge is 0.131 e. The number of anilines is 1. The van der Waals surface area contributed by atoms with Crippen LogP contribution in [0, 0.1) is 5.92 Å². The Bertz CT molecular complexity index is 631. The number of nitrogens with one attached hydrogen (secondary N) is 1. The Morgan fingerprint density at radius 2 is 2.29 bits per heavy atom. The fourth-order valence-corrected chi connectivity index (χ4v) is 2.57. The molecule has 2 heterocycles. The van der Waals surface area contributed by atoms with E-state index >= 15 is 0 Å². The maximum absolute atomic E-state index is 5.86. The van der Waals surface area contributed by atoms with Crippen molar-refractivity contribution >= 4 is 5.82 Å². The minimum absolute atomic E-state index is 0.401. The van der Waals surface area contributed by atoms with E-state index in [1.165, 1.54) is 5.56 Å². The maximum atomic E-state index is 5.86. The largest absolute Gasteiger partial charge is 0.497 e. The Kier molecular flexibility index (Phi) is 3.90. The molecule has 0 aliphatic carbocycles. The lowest BCUT2D eigenvalue weighted by molar-refractivity contribution is 0.218. The molecular formula is C16H19N3O2. The Morgan fingerprint density at radius 3 is 3.10 bits per heavy atom. The van der Waals surface area contributed by atoms with Gasteiger partial charge in [0, 0.05) is 31.6 Å². The summed E-state index contributed by atoms with van der Waals surface area (Å²) in [7, 11) is 3.53. The molecule has 0 saturated heterocycles. The zero-order valence-electron chi connectivity index (χ0n) is 12.3. The van der Waals surface area contributed by atoms with Crippen molar-refractivity contribution in [2.75, 3.05) is 26.1 Å². The van der Waals surface area contributed by atoms with Gasteiger partial charge in [0.15, 0.2) is 0 Å². The van der Waals surface area contributed by atoms with Crippen LogP contribution in [-0.4, -0.2) is 30.7 Å². The third-order valence-electron chi connectivity index (χ3n) is 3.69. The number of hydrogen-bond donors (Lipinski definition) is 1. The number of ether oxygens (including phenoxy) is 2. The van der Waals surface area contributed by atoms with E-state index in [1.54, 1.807) is 13.3 Å². The molecular weight excluding hydrogens is 266 g/mol. The molecule has 5 heteroatoms. The van der Waals surface area contributed by atoms with E-state index in [1.807, 2.05) is 25.2 Å². The van der Waals surface area contributed by atoms with Crippen molar-refractivity contribution in [1.82, 2.24) is 9.97 Å². The molecule has 0 unspecified atom stereocenters. The van der Waals surface area contributed by atoms with E-state index in [-0.39, 0.29) is 0 Å². The van der Waals surface area contributed by atoms with E-state index in [9.17, 15) is 0 Å². The van der Waals surface area contributed by atoms with Crippen LogP contribution >= 0.6 is 0 Å². The van der Waals surface area contributed by atoms with Crippen LogP contribution in [0.5, 0.6) is 11.5 Å². The molecule has 0 saturated carbocycles. The van der Waals surface area contributed by atoms with Gasteiger partial charge in [-0.15, -0.1) is 0 Å². The number of methoxy groups -OCH3 is 1. The van der Waals surface area contributed by atoms with Crippen LogP contribution in [0.1, 0.15) is 11.4 Å². The van der Waals surface area contributed by atoms with E-state index in [0.29, 0.717) is 12.5 Å². The molecule has 5 nitrogen and oxygen atoms in total. The lowest BCUT2D eigenvalue weighted by Crippen LogP contribution is -2.23. The van der Waals surface area contributed by atoms with Gasteiger partial charge in [0.25, 0.3) is 0 Å². The number of nitrogens with zero attached hydrogens (tertiary/aromatic N) is 2. The van der Waals surface area contributed by atoms with Crippen LogP contribution in [0.4, 0.5) is 5.82 Å². The summed E-state index contributed by atoms with van der Waals surface area (Å²) in [6, 6.07) is 7.86. The Morgan fingerprint density at radius 1 is 1.38 bits per heavy atom. The van der Waals surface area contributed by atoms with Gasteiger partial charge >= 0.3 is 0 Å². The maximum Gasteiger partial charge on any atom is 0.131 e. The third-order valence-corrected chi connectivity index (χ3v) is 3.69. The summed E-state index contributed by atoms with van der Waals surface area (Å²) in [5.41, 5.74) is 1.22. The minimum Gasteiger partial charge on any atom is -0.497 e. The van der Waals surface area contributed by atoms with Crippen LogP contribution in [-0.2, 0) is 12.8 Å². The molecule has 0 spiro atoms. The first-order valence-electron chi connectivity index (χ1n) is 7.08. The summed E-state index contributed by atoms with van der Waals surface area (Å²) in [5, 5.41) is 3.04. The molecule has 0 bridgehead atoms. The number of hydrogen-bond acceptors (Lipinski definition) is 5. The van der Waals surface area contributed by atoms with Crippen molar-refractivity contribution in [2.45, 2.75) is 12.8 Å². The highest BCUT2D eigenvalue weighted by atomic mass is 16.5. The Balaban J connectivity index is 1.71. The standard InChI is InChI=1S/C16H19N3O2/c1-17-15-5-6-18-16(19-15)8-11-7-12-3-4-13(20-2)9-14(12)21-10-11/h3-6,9,11H,7-8,10H2,1-2H3,(H,17,18,19)/t11-/m0/s1. The predicted octanol–water partition coefficient (Wildman–Crippen LogP) is 2.32. The molecule has 1 aliphatic rings. The predicted molar refractivity (Wildman–Crippen MR) is 81.0 cm³/mol. The molecule has 1 aromatic heterocycles. The normalized spacial score (nSPS) is 16.8. The average molecular weight is 285 g/mol. The molecule has 0 fully saturated rings. The van der Waals surface area contributed by atoms with Crippen LogP contribution in [0.3, 0.4) is 0 Å². The van der Waals surface area contributed by atoms with Gasteiger partial charge in [-0.05, 0) is 24.1 Å². The van der Waals surface area contributed by atoms with Crippen molar-refractivity contribution in [1.29, 1.82) is 0 Å². The second kappa shape index (κ2) is 5.99. The summed E-state index contributed by atoms with van der Waals surface area (Å²) in [4.78, 5) is 8.81. The highest BCUT2D eigenvalue weighted by Crippen LogP contribution is 2.31. The lowest BCUT2D eigenvalue weighted by atomic mass is 9.93. The van der Waals surface area contributed by atoms with E-state index in [2.05, 4.69) is 21.4 Å². The average Bonchev–Trinajstić information content (AvgIpc) is 2.54. The van der Waals surface area contributed by atoms with Crippen molar-refractivity contribution in [3.8, 4) is 11.5 Å². The third kappa shape index (κ3) is 3.07. The van der Waals surface area contributed by atoms with Crippen LogP contribution in [0.2, 0.25) is 0 Å². The van der Waals surface area contributed by atoms with Crippen LogP contribution in [0.15, 0.2) is 30.5 Å². The second-order valence-electron chi connectivity index (χ2n) is 5.17. The molecule has 21 heavy (non-hydrogen) atoms. The monoisotopic (exact) mass is 285 g/mol. The summed E-state index contributed by atoms with van der Waals surface area (Å²) in [5.74, 6) is 3.86. The molecule has 1 N–H and O–H groups in total. The van der Waals surface area contributed by atoms with E-state index < -0.39 is 0 Å². The van der Waals surface area contributed by atoms with Gasteiger partial charge in [-0.2, -0.15) is 0 Å². The second-order valence-corrected chi connectivity index (χ2v) is 5.17. The zero-order chi connectivity index (χ0) is 14.7. The molecule has 0 radical (unpaired) electrons. The molecule has 1 aliphatic heterocycles. The highest BCUT2D eigenvalue weighted by molar-refractivity contribution is 5.42.